The molecule has 3 rings (SSSR count). The van der Waals surface area contributed by atoms with Crippen LogP contribution < -0.4 is 10.5 Å². The number of aromatic nitrogens is 1. The van der Waals surface area contributed by atoms with E-state index in [1.165, 1.54) is 12.3 Å². The van der Waals surface area contributed by atoms with Gasteiger partial charge in [0.05, 0.1) is 23.1 Å². The Morgan fingerprint density at radius 3 is 2.44 bits per heavy atom. The number of hydrogen-bond donors (Lipinski definition) is 1. The van der Waals surface area contributed by atoms with Crippen molar-refractivity contribution >= 4 is 5.69 Å². The number of nitrogens with zero attached hydrogens (tertiary/aromatic N) is 1. The minimum Gasteiger partial charge on any atom is -0.489 e. The molecule has 0 bridgehead atoms. The average Bonchev–Trinajstić information content (AvgIpc) is 2.60. The maximum Gasteiger partial charge on any atom is 0.418 e. The number of nitrogen functional groups attached to an aromatic ring is 1. The molecular formula is C19H15F3N2O. The lowest BCUT2D eigenvalue weighted by Gasteiger charge is -2.14. The fraction of sp³-hybridized carbons (Fsp3) is 0.105. The van der Waals surface area contributed by atoms with Crippen molar-refractivity contribution < 1.29 is 17.9 Å². The molecule has 0 aliphatic rings. The number of benzene rings is 2. The van der Waals surface area contributed by atoms with Crippen LogP contribution in [0.5, 0.6) is 5.75 Å². The van der Waals surface area contributed by atoms with E-state index in [1.54, 1.807) is 18.2 Å². The summed E-state index contributed by atoms with van der Waals surface area (Å²) in [4.78, 5) is 3.87. The number of halogens is 3. The summed E-state index contributed by atoms with van der Waals surface area (Å²) >= 11 is 0. The molecule has 0 atom stereocenters. The number of pyridine rings is 1. The summed E-state index contributed by atoms with van der Waals surface area (Å²) in [6.07, 6.45) is -3.33. The van der Waals surface area contributed by atoms with E-state index >= 15 is 0 Å². The Morgan fingerprint density at radius 1 is 0.960 bits per heavy atom. The smallest absolute Gasteiger partial charge is 0.418 e. The topological polar surface area (TPSA) is 48.1 Å². The van der Waals surface area contributed by atoms with Gasteiger partial charge in [0.1, 0.15) is 12.4 Å². The quantitative estimate of drug-likeness (QED) is 0.730. The standard InChI is InChI=1S/C19H15F3N2O/c20-19(21,22)17-10-15(23)11-24-18(17)14-7-4-8-16(9-14)25-12-13-5-2-1-3-6-13/h1-11H,12,23H2. The minimum absolute atomic E-state index is 0.0347. The summed E-state index contributed by atoms with van der Waals surface area (Å²) in [7, 11) is 0. The second-order valence-electron chi connectivity index (χ2n) is 5.46. The van der Waals surface area contributed by atoms with Gasteiger partial charge in [0, 0.05) is 5.56 Å². The van der Waals surface area contributed by atoms with Gasteiger partial charge in [-0.25, -0.2) is 0 Å². The van der Waals surface area contributed by atoms with E-state index in [1.807, 2.05) is 30.3 Å². The molecule has 0 aliphatic carbocycles. The molecule has 6 heteroatoms. The Hall–Kier alpha value is -3.02. The zero-order valence-corrected chi connectivity index (χ0v) is 13.1. The van der Waals surface area contributed by atoms with Crippen molar-refractivity contribution in [1.82, 2.24) is 4.98 Å². The lowest BCUT2D eigenvalue weighted by atomic mass is 10.0. The molecule has 25 heavy (non-hydrogen) atoms. The number of hydrogen-bond acceptors (Lipinski definition) is 3. The van der Waals surface area contributed by atoms with Gasteiger partial charge in [0.25, 0.3) is 0 Å². The fourth-order valence-corrected chi connectivity index (χ4v) is 2.40. The number of ether oxygens (including phenoxy) is 1. The van der Waals surface area contributed by atoms with Crippen molar-refractivity contribution in [3.8, 4) is 17.0 Å². The van der Waals surface area contributed by atoms with Crippen LogP contribution in [0.1, 0.15) is 11.1 Å². The normalized spacial score (nSPS) is 11.3. The Bertz CT molecular complexity index is 864. The Kier molecular flexibility index (Phi) is 4.61. The summed E-state index contributed by atoms with van der Waals surface area (Å²) < 4.78 is 45.4. The van der Waals surface area contributed by atoms with Gasteiger partial charge in [-0.1, -0.05) is 42.5 Å². The predicted octanol–water partition coefficient (Wildman–Crippen LogP) is 4.93. The van der Waals surface area contributed by atoms with Crippen molar-refractivity contribution in [1.29, 1.82) is 0 Å². The zero-order valence-electron chi connectivity index (χ0n) is 13.1. The molecule has 0 spiro atoms. The largest absolute Gasteiger partial charge is 0.489 e. The van der Waals surface area contributed by atoms with E-state index < -0.39 is 11.7 Å². The summed E-state index contributed by atoms with van der Waals surface area (Å²) in [6.45, 7) is 0.325. The summed E-state index contributed by atoms with van der Waals surface area (Å²) in [5, 5.41) is 0. The van der Waals surface area contributed by atoms with E-state index in [9.17, 15) is 13.2 Å². The monoisotopic (exact) mass is 344 g/mol. The zero-order chi connectivity index (χ0) is 17.9. The van der Waals surface area contributed by atoms with Crippen LogP contribution in [-0.2, 0) is 12.8 Å². The molecule has 0 amide bonds. The van der Waals surface area contributed by atoms with Crippen LogP contribution in [0.4, 0.5) is 18.9 Å². The first-order chi connectivity index (χ1) is 11.9. The van der Waals surface area contributed by atoms with Crippen LogP contribution in [0.3, 0.4) is 0 Å². The molecule has 2 N–H and O–H groups in total. The Balaban J connectivity index is 1.89. The van der Waals surface area contributed by atoms with Crippen LogP contribution in [0.25, 0.3) is 11.3 Å². The first-order valence-corrected chi connectivity index (χ1v) is 7.53. The van der Waals surface area contributed by atoms with Crippen molar-refractivity contribution in [2.24, 2.45) is 0 Å². The molecule has 2 aromatic carbocycles. The predicted molar refractivity (Wildman–Crippen MR) is 89.9 cm³/mol. The van der Waals surface area contributed by atoms with Crippen molar-refractivity contribution in [2.75, 3.05) is 5.73 Å². The van der Waals surface area contributed by atoms with Gasteiger partial charge in [-0.15, -0.1) is 0 Å². The number of rotatable bonds is 4. The maximum absolute atomic E-state index is 13.3. The Labute approximate surface area is 142 Å². The molecule has 1 aromatic heterocycles. The number of alkyl halides is 3. The van der Waals surface area contributed by atoms with Crippen LogP contribution in [0, 0.1) is 0 Å². The second-order valence-corrected chi connectivity index (χ2v) is 5.46. The molecule has 3 nitrogen and oxygen atoms in total. The molecule has 3 aromatic rings. The third-order valence-electron chi connectivity index (χ3n) is 3.57. The van der Waals surface area contributed by atoms with Gasteiger partial charge in [0.2, 0.25) is 0 Å². The Morgan fingerprint density at radius 2 is 1.72 bits per heavy atom. The average molecular weight is 344 g/mol. The lowest BCUT2D eigenvalue weighted by Crippen LogP contribution is -2.09. The molecule has 128 valence electrons. The maximum atomic E-state index is 13.3. The molecule has 1 heterocycles. The van der Waals surface area contributed by atoms with E-state index in [0.29, 0.717) is 17.9 Å². The van der Waals surface area contributed by atoms with Crippen molar-refractivity contribution in [3.63, 3.8) is 0 Å². The first kappa shape index (κ1) is 16.8. The SMILES string of the molecule is Nc1cnc(-c2cccc(OCc3ccccc3)c2)c(C(F)(F)F)c1. The van der Waals surface area contributed by atoms with Gasteiger partial charge in [-0.05, 0) is 23.8 Å². The summed E-state index contributed by atoms with van der Waals surface area (Å²) in [5.41, 5.74) is 5.66. The van der Waals surface area contributed by atoms with E-state index in [-0.39, 0.29) is 11.4 Å². The number of anilines is 1. The third-order valence-corrected chi connectivity index (χ3v) is 3.57. The van der Waals surface area contributed by atoms with Gasteiger partial charge >= 0.3 is 6.18 Å². The second kappa shape index (κ2) is 6.84. The molecule has 0 radical (unpaired) electrons. The molecule has 0 saturated carbocycles. The molecule has 0 saturated heterocycles. The lowest BCUT2D eigenvalue weighted by molar-refractivity contribution is -0.137. The van der Waals surface area contributed by atoms with Gasteiger partial charge in [-0.2, -0.15) is 13.2 Å². The third kappa shape index (κ3) is 4.09. The molecular weight excluding hydrogens is 329 g/mol. The van der Waals surface area contributed by atoms with Crippen molar-refractivity contribution in [3.05, 3.63) is 78.0 Å². The molecule has 0 unspecified atom stereocenters. The van der Waals surface area contributed by atoms with Crippen LogP contribution >= 0.6 is 0 Å². The van der Waals surface area contributed by atoms with E-state index in [4.69, 9.17) is 10.5 Å². The van der Waals surface area contributed by atoms with Gasteiger partial charge in [-0.3, -0.25) is 4.98 Å². The highest BCUT2D eigenvalue weighted by Gasteiger charge is 2.34. The first-order valence-electron chi connectivity index (χ1n) is 7.53. The van der Waals surface area contributed by atoms with E-state index in [0.717, 1.165) is 11.6 Å². The van der Waals surface area contributed by atoms with Gasteiger partial charge in [0.15, 0.2) is 0 Å². The van der Waals surface area contributed by atoms with Crippen LogP contribution in [0.2, 0.25) is 0 Å². The summed E-state index contributed by atoms with van der Waals surface area (Å²) in [5.74, 6) is 0.466. The fourth-order valence-electron chi connectivity index (χ4n) is 2.40. The number of nitrogens with two attached hydrogens (primary N) is 1. The summed E-state index contributed by atoms with van der Waals surface area (Å²) in [6, 6.07) is 16.8. The molecule has 0 fully saturated rings. The molecule has 0 aliphatic heterocycles. The highest BCUT2D eigenvalue weighted by Crippen LogP contribution is 2.37. The van der Waals surface area contributed by atoms with Crippen molar-refractivity contribution in [2.45, 2.75) is 12.8 Å². The highest BCUT2D eigenvalue weighted by molar-refractivity contribution is 5.67. The van der Waals surface area contributed by atoms with E-state index in [2.05, 4.69) is 4.98 Å². The van der Waals surface area contributed by atoms with Crippen LogP contribution in [-0.4, -0.2) is 4.98 Å². The minimum atomic E-state index is -4.54. The highest BCUT2D eigenvalue weighted by atomic mass is 19.4. The van der Waals surface area contributed by atoms with Gasteiger partial charge < -0.3 is 10.5 Å². The van der Waals surface area contributed by atoms with Crippen LogP contribution in [0.15, 0.2) is 66.9 Å².